The highest BCUT2D eigenvalue weighted by Crippen LogP contribution is 2.21. The topological polar surface area (TPSA) is 140 Å². The molecule has 0 aliphatic carbocycles. The van der Waals surface area contributed by atoms with Gasteiger partial charge in [0, 0.05) is 26.0 Å². The largest absolute Gasteiger partial charge is 0.475 e. The summed E-state index contributed by atoms with van der Waals surface area (Å²) < 4.78 is 8.06. The Hall–Kier alpha value is -3.89. The number of carboxylic acid groups (broad SMARTS) is 1. The number of fused-ring (bicyclic) bond motifs is 1. The highest BCUT2D eigenvalue weighted by atomic mass is 16.6. The molecule has 11 heteroatoms. The van der Waals surface area contributed by atoms with E-state index in [0.29, 0.717) is 16.7 Å². The predicted octanol–water partition coefficient (Wildman–Crippen LogP) is 2.60. The summed E-state index contributed by atoms with van der Waals surface area (Å²) in [4.78, 5) is 43.9. The molecule has 2 aromatic heterocycles. The van der Waals surface area contributed by atoms with E-state index in [1.54, 1.807) is 53.1 Å². The number of hydrogen-bond acceptors (Lipinski definition) is 6. The van der Waals surface area contributed by atoms with Crippen LogP contribution in [0.25, 0.3) is 11.0 Å². The Kier molecular flexibility index (Phi) is 5.21. The molecular weight excluding hydrogens is 392 g/mol. The van der Waals surface area contributed by atoms with Gasteiger partial charge in [-0.3, -0.25) is 10.1 Å². The molecule has 3 rings (SSSR count). The molecule has 3 aromatic rings. The minimum atomic E-state index is -1.14. The Morgan fingerprint density at radius 3 is 2.40 bits per heavy atom. The molecular formula is C19H22N6O5. The first-order chi connectivity index (χ1) is 13.9. The molecule has 0 saturated carbocycles. The van der Waals surface area contributed by atoms with E-state index in [2.05, 4.69) is 20.6 Å². The van der Waals surface area contributed by atoms with E-state index in [1.807, 2.05) is 0 Å². The number of carbonyl (C=O) groups excluding carboxylic acids is 2. The van der Waals surface area contributed by atoms with Crippen LogP contribution in [0.4, 0.5) is 16.3 Å². The first kappa shape index (κ1) is 20.8. The van der Waals surface area contributed by atoms with Crippen molar-refractivity contribution in [2.75, 3.05) is 10.6 Å². The maximum atomic E-state index is 12.6. The van der Waals surface area contributed by atoms with Gasteiger partial charge in [-0.05, 0) is 39.0 Å². The van der Waals surface area contributed by atoms with Crippen molar-refractivity contribution in [3.05, 3.63) is 36.0 Å². The van der Waals surface area contributed by atoms with Crippen LogP contribution in [0.3, 0.4) is 0 Å². The molecule has 0 aliphatic rings. The molecule has 0 aliphatic heterocycles. The van der Waals surface area contributed by atoms with E-state index >= 15 is 0 Å². The third kappa shape index (κ3) is 4.40. The number of aromatic nitrogens is 4. The predicted molar refractivity (Wildman–Crippen MR) is 109 cm³/mol. The van der Waals surface area contributed by atoms with Gasteiger partial charge in [0.2, 0.25) is 11.6 Å². The van der Waals surface area contributed by atoms with E-state index in [9.17, 15) is 19.5 Å². The SMILES string of the molecule is Cn1cc(NC(=O)OC(C)(C)C)nc1C(=O)Nc1ccc2nc(C(=O)O)n(C)c2c1. The van der Waals surface area contributed by atoms with E-state index < -0.39 is 23.6 Å². The smallest absolute Gasteiger partial charge is 0.413 e. The molecule has 0 radical (unpaired) electrons. The number of aromatic carboxylic acids is 1. The average Bonchev–Trinajstić information content (AvgIpc) is 3.13. The van der Waals surface area contributed by atoms with Crippen LogP contribution in [0.15, 0.2) is 24.4 Å². The van der Waals surface area contributed by atoms with Gasteiger partial charge in [0.1, 0.15) is 5.60 Å². The quantitative estimate of drug-likeness (QED) is 0.596. The summed E-state index contributed by atoms with van der Waals surface area (Å²) in [5, 5.41) is 14.4. The summed E-state index contributed by atoms with van der Waals surface area (Å²) in [5.41, 5.74) is 0.826. The monoisotopic (exact) mass is 414 g/mol. The molecule has 2 heterocycles. The number of hydrogen-bond donors (Lipinski definition) is 3. The summed E-state index contributed by atoms with van der Waals surface area (Å²) in [6, 6.07) is 4.85. The van der Waals surface area contributed by atoms with Crippen LogP contribution in [-0.4, -0.2) is 47.8 Å². The number of carboxylic acids is 1. The van der Waals surface area contributed by atoms with Crippen LogP contribution < -0.4 is 10.6 Å². The maximum absolute atomic E-state index is 12.6. The van der Waals surface area contributed by atoms with Crippen molar-refractivity contribution < 1.29 is 24.2 Å². The second-order valence-electron chi connectivity index (χ2n) is 7.64. The van der Waals surface area contributed by atoms with Crippen molar-refractivity contribution in [1.82, 2.24) is 19.1 Å². The maximum Gasteiger partial charge on any atom is 0.413 e. The molecule has 11 nitrogen and oxygen atoms in total. The number of carbonyl (C=O) groups is 3. The Labute approximate surface area is 171 Å². The molecule has 30 heavy (non-hydrogen) atoms. The molecule has 0 atom stereocenters. The average molecular weight is 414 g/mol. The lowest BCUT2D eigenvalue weighted by Crippen LogP contribution is -2.27. The third-order valence-corrected chi connectivity index (χ3v) is 4.04. The fourth-order valence-electron chi connectivity index (χ4n) is 2.79. The van der Waals surface area contributed by atoms with Gasteiger partial charge in [0.25, 0.3) is 5.91 Å². The Balaban J connectivity index is 1.78. The standard InChI is InChI=1S/C19H22N6O5/c1-19(2,3)30-18(29)23-13-9-24(4)14(22-13)16(26)20-10-6-7-11-12(8-10)25(5)15(21-11)17(27)28/h6-9H,1-5H3,(H,20,26)(H,23,29)(H,27,28). The lowest BCUT2D eigenvalue weighted by Gasteiger charge is -2.18. The second kappa shape index (κ2) is 7.50. The zero-order valence-corrected chi connectivity index (χ0v) is 17.2. The first-order valence-electron chi connectivity index (χ1n) is 8.99. The fourth-order valence-corrected chi connectivity index (χ4v) is 2.79. The third-order valence-electron chi connectivity index (χ3n) is 4.04. The van der Waals surface area contributed by atoms with Crippen LogP contribution >= 0.6 is 0 Å². The van der Waals surface area contributed by atoms with Crippen molar-refractivity contribution >= 4 is 40.5 Å². The molecule has 158 valence electrons. The summed E-state index contributed by atoms with van der Waals surface area (Å²) in [6.07, 6.45) is 0.811. The molecule has 3 N–H and O–H groups in total. The van der Waals surface area contributed by atoms with Gasteiger partial charge in [0.15, 0.2) is 5.82 Å². The molecule has 1 aromatic carbocycles. The minimum absolute atomic E-state index is 0.0670. The van der Waals surface area contributed by atoms with Crippen molar-refractivity contribution in [2.24, 2.45) is 14.1 Å². The zero-order valence-electron chi connectivity index (χ0n) is 17.2. The van der Waals surface area contributed by atoms with Crippen molar-refractivity contribution in [2.45, 2.75) is 26.4 Å². The van der Waals surface area contributed by atoms with Gasteiger partial charge in [-0.2, -0.15) is 0 Å². The molecule has 0 unspecified atom stereocenters. The number of ether oxygens (including phenoxy) is 1. The van der Waals surface area contributed by atoms with Crippen LogP contribution in [-0.2, 0) is 18.8 Å². The number of anilines is 2. The highest BCUT2D eigenvalue weighted by molar-refractivity contribution is 6.03. The Bertz CT molecular complexity index is 1150. The minimum Gasteiger partial charge on any atom is -0.475 e. The van der Waals surface area contributed by atoms with Crippen LogP contribution in [0.1, 0.15) is 42.0 Å². The number of aryl methyl sites for hydroxylation is 2. The van der Waals surface area contributed by atoms with Crippen LogP contribution in [0.5, 0.6) is 0 Å². The second-order valence-corrected chi connectivity index (χ2v) is 7.64. The first-order valence-corrected chi connectivity index (χ1v) is 8.99. The molecule has 0 saturated heterocycles. The zero-order chi connectivity index (χ0) is 22.2. The Morgan fingerprint density at radius 1 is 1.07 bits per heavy atom. The summed E-state index contributed by atoms with van der Waals surface area (Å²) in [7, 11) is 3.20. The van der Waals surface area contributed by atoms with Gasteiger partial charge >= 0.3 is 12.1 Å². The van der Waals surface area contributed by atoms with E-state index in [4.69, 9.17) is 4.74 Å². The van der Waals surface area contributed by atoms with Gasteiger partial charge in [-0.25, -0.2) is 19.6 Å². The van der Waals surface area contributed by atoms with Crippen LogP contribution in [0, 0.1) is 0 Å². The molecule has 2 amide bonds. The lowest BCUT2D eigenvalue weighted by molar-refractivity contribution is 0.0632. The van der Waals surface area contributed by atoms with E-state index in [0.717, 1.165) is 0 Å². The number of nitrogens with zero attached hydrogens (tertiary/aromatic N) is 4. The highest BCUT2D eigenvalue weighted by Gasteiger charge is 2.20. The van der Waals surface area contributed by atoms with Crippen molar-refractivity contribution in [1.29, 1.82) is 0 Å². The summed E-state index contributed by atoms with van der Waals surface area (Å²) in [5.74, 6) is -1.51. The van der Waals surface area contributed by atoms with E-state index in [1.165, 1.54) is 15.3 Å². The normalized spacial score (nSPS) is 11.4. The number of benzene rings is 1. The van der Waals surface area contributed by atoms with Crippen LogP contribution in [0.2, 0.25) is 0 Å². The van der Waals surface area contributed by atoms with Crippen molar-refractivity contribution in [3.8, 4) is 0 Å². The lowest BCUT2D eigenvalue weighted by atomic mass is 10.2. The number of rotatable bonds is 4. The molecule has 0 bridgehead atoms. The van der Waals surface area contributed by atoms with Gasteiger partial charge in [0.05, 0.1) is 11.0 Å². The fraction of sp³-hybridized carbons (Fsp3) is 0.316. The summed E-state index contributed by atoms with van der Waals surface area (Å²) in [6.45, 7) is 5.22. The number of amides is 2. The number of nitrogens with one attached hydrogen (secondary N) is 2. The summed E-state index contributed by atoms with van der Waals surface area (Å²) >= 11 is 0. The Morgan fingerprint density at radius 2 is 1.77 bits per heavy atom. The molecule has 0 fully saturated rings. The van der Waals surface area contributed by atoms with Crippen molar-refractivity contribution in [3.63, 3.8) is 0 Å². The van der Waals surface area contributed by atoms with E-state index in [-0.39, 0.29) is 17.5 Å². The number of imidazole rings is 2. The van der Waals surface area contributed by atoms with Gasteiger partial charge < -0.3 is 24.3 Å². The molecule has 0 spiro atoms. The van der Waals surface area contributed by atoms with Gasteiger partial charge in [-0.15, -0.1) is 0 Å². The van der Waals surface area contributed by atoms with Gasteiger partial charge in [-0.1, -0.05) is 0 Å².